The number of nitrogens with zero attached hydrogens (tertiary/aromatic N) is 1. The van der Waals surface area contributed by atoms with Crippen LogP contribution in [0.2, 0.25) is 5.02 Å². The third kappa shape index (κ3) is 4.10. The fourth-order valence-electron chi connectivity index (χ4n) is 2.88. The third-order valence-corrected chi connectivity index (χ3v) is 4.44. The minimum Gasteiger partial charge on any atom is -0.361 e. The normalized spacial score (nSPS) is 10.7. The summed E-state index contributed by atoms with van der Waals surface area (Å²) >= 11 is 5.88. The van der Waals surface area contributed by atoms with Crippen molar-refractivity contribution < 1.29 is 4.79 Å². The third-order valence-electron chi connectivity index (χ3n) is 4.19. The van der Waals surface area contributed by atoms with Gasteiger partial charge in [0.1, 0.15) is 5.82 Å². The topological polar surface area (TPSA) is 69.8 Å². The fraction of sp³-hybridized carbons (Fsp3) is 0.0476. The van der Waals surface area contributed by atoms with E-state index in [9.17, 15) is 4.79 Å². The number of anilines is 3. The molecule has 134 valence electrons. The molecule has 0 saturated carbocycles. The minimum atomic E-state index is -0.0834. The highest BCUT2D eigenvalue weighted by molar-refractivity contribution is 6.30. The first-order valence-corrected chi connectivity index (χ1v) is 8.89. The second-order valence-electron chi connectivity index (χ2n) is 6.15. The Morgan fingerprint density at radius 2 is 1.78 bits per heavy atom. The van der Waals surface area contributed by atoms with Gasteiger partial charge in [-0.3, -0.25) is 4.79 Å². The van der Waals surface area contributed by atoms with Crippen LogP contribution in [0.1, 0.15) is 5.56 Å². The fourth-order valence-corrected chi connectivity index (χ4v) is 3.00. The number of fused-ring (bicyclic) bond motifs is 1. The molecule has 3 N–H and O–H groups in total. The quantitative estimate of drug-likeness (QED) is 0.451. The second kappa shape index (κ2) is 7.51. The molecule has 4 aromatic rings. The first-order chi connectivity index (χ1) is 13.2. The summed E-state index contributed by atoms with van der Waals surface area (Å²) in [7, 11) is 0. The number of aromatic nitrogens is 2. The maximum atomic E-state index is 12.4. The molecular formula is C21H17ClN4O. The van der Waals surface area contributed by atoms with Crippen LogP contribution in [0.5, 0.6) is 0 Å². The van der Waals surface area contributed by atoms with Crippen LogP contribution in [-0.4, -0.2) is 15.9 Å². The number of nitrogens with one attached hydrogen (secondary N) is 3. The molecule has 6 heteroatoms. The number of para-hydroxylation sites is 1. The highest BCUT2D eigenvalue weighted by Gasteiger charge is 2.09. The zero-order valence-electron chi connectivity index (χ0n) is 14.4. The Morgan fingerprint density at radius 3 is 2.56 bits per heavy atom. The van der Waals surface area contributed by atoms with Gasteiger partial charge in [0.25, 0.3) is 0 Å². The van der Waals surface area contributed by atoms with Gasteiger partial charge in [0.15, 0.2) is 0 Å². The smallest absolute Gasteiger partial charge is 0.228 e. The molecule has 0 aliphatic heterocycles. The summed E-state index contributed by atoms with van der Waals surface area (Å²) < 4.78 is 0. The highest BCUT2D eigenvalue weighted by atomic mass is 35.5. The van der Waals surface area contributed by atoms with Gasteiger partial charge in [-0.25, -0.2) is 4.98 Å². The van der Waals surface area contributed by atoms with Crippen molar-refractivity contribution in [3.63, 3.8) is 0 Å². The lowest BCUT2D eigenvalue weighted by atomic mass is 10.1. The molecule has 4 rings (SSSR count). The minimum absolute atomic E-state index is 0.0834. The largest absolute Gasteiger partial charge is 0.361 e. The van der Waals surface area contributed by atoms with E-state index >= 15 is 0 Å². The predicted molar refractivity (Wildman–Crippen MR) is 110 cm³/mol. The van der Waals surface area contributed by atoms with Gasteiger partial charge in [-0.2, -0.15) is 0 Å². The summed E-state index contributed by atoms with van der Waals surface area (Å²) in [5.74, 6) is 0.604. The van der Waals surface area contributed by atoms with E-state index in [0.29, 0.717) is 22.9 Å². The Kier molecular flexibility index (Phi) is 4.77. The Labute approximate surface area is 161 Å². The molecule has 0 aliphatic carbocycles. The Hall–Kier alpha value is -3.31. The number of carbonyl (C=O) groups is 1. The Morgan fingerprint density at radius 1 is 1.00 bits per heavy atom. The molecule has 1 amide bonds. The van der Waals surface area contributed by atoms with E-state index in [-0.39, 0.29) is 5.91 Å². The zero-order chi connectivity index (χ0) is 18.6. The van der Waals surface area contributed by atoms with Crippen molar-refractivity contribution in [3.8, 4) is 0 Å². The molecule has 0 atom stereocenters. The average Bonchev–Trinajstić information content (AvgIpc) is 3.08. The zero-order valence-corrected chi connectivity index (χ0v) is 15.1. The van der Waals surface area contributed by atoms with E-state index in [1.165, 1.54) is 0 Å². The molecule has 0 spiro atoms. The molecule has 5 nitrogen and oxygen atoms in total. The Bertz CT molecular complexity index is 1070. The number of rotatable bonds is 5. The number of pyridine rings is 1. The van der Waals surface area contributed by atoms with Crippen molar-refractivity contribution in [2.75, 3.05) is 10.6 Å². The van der Waals surface area contributed by atoms with Crippen molar-refractivity contribution in [1.29, 1.82) is 0 Å². The van der Waals surface area contributed by atoms with Crippen LogP contribution in [0.25, 0.3) is 10.9 Å². The van der Waals surface area contributed by atoms with Crippen molar-refractivity contribution >= 4 is 45.6 Å². The predicted octanol–water partition coefficient (Wildman–Crippen LogP) is 5.14. The molecule has 2 heterocycles. The molecule has 0 saturated heterocycles. The van der Waals surface area contributed by atoms with Gasteiger partial charge in [0.2, 0.25) is 5.91 Å². The lowest BCUT2D eigenvalue weighted by Crippen LogP contribution is -2.14. The molecule has 2 aromatic heterocycles. The number of aromatic amines is 1. The van der Waals surface area contributed by atoms with Crippen LogP contribution in [0, 0.1) is 0 Å². The summed E-state index contributed by atoms with van der Waals surface area (Å²) in [5, 5.41) is 7.81. The number of hydrogen-bond donors (Lipinski definition) is 3. The maximum absolute atomic E-state index is 12.4. The van der Waals surface area contributed by atoms with Gasteiger partial charge in [-0.1, -0.05) is 29.8 Å². The van der Waals surface area contributed by atoms with E-state index in [2.05, 4.69) is 20.6 Å². The average molecular weight is 377 g/mol. The van der Waals surface area contributed by atoms with Gasteiger partial charge in [-0.05, 0) is 48.0 Å². The second-order valence-corrected chi connectivity index (χ2v) is 6.58. The molecule has 0 radical (unpaired) electrons. The molecule has 2 aromatic carbocycles. The molecular weight excluding hydrogens is 360 g/mol. The van der Waals surface area contributed by atoms with Gasteiger partial charge < -0.3 is 15.6 Å². The molecule has 0 bridgehead atoms. The summed E-state index contributed by atoms with van der Waals surface area (Å²) in [4.78, 5) is 19.9. The van der Waals surface area contributed by atoms with Crippen LogP contribution in [0.3, 0.4) is 0 Å². The van der Waals surface area contributed by atoms with E-state index in [1.807, 2.05) is 66.9 Å². The van der Waals surface area contributed by atoms with Gasteiger partial charge in [-0.15, -0.1) is 0 Å². The van der Waals surface area contributed by atoms with Crippen molar-refractivity contribution in [3.05, 3.63) is 83.6 Å². The van der Waals surface area contributed by atoms with Gasteiger partial charge in [0.05, 0.1) is 18.3 Å². The number of amides is 1. The number of carbonyl (C=O) groups excluding carboxylic acids is 1. The number of H-pyrrole nitrogens is 1. The number of hydrogen-bond acceptors (Lipinski definition) is 3. The lowest BCUT2D eigenvalue weighted by molar-refractivity contribution is -0.115. The van der Waals surface area contributed by atoms with Crippen LogP contribution >= 0.6 is 11.6 Å². The molecule has 0 fully saturated rings. The standard InChI is InChI=1S/C21H17ClN4O/c22-15-5-7-16(8-6-15)25-20-10-9-17(13-24-20)26-21(27)11-14-12-23-19-4-2-1-3-18(14)19/h1-10,12-13,23H,11H2,(H,24,25)(H,26,27). The van der Waals surface area contributed by atoms with Gasteiger partial charge in [0, 0.05) is 27.8 Å². The van der Waals surface area contributed by atoms with Crippen LogP contribution in [-0.2, 0) is 11.2 Å². The summed E-state index contributed by atoms with van der Waals surface area (Å²) in [5.41, 5.74) is 3.54. The first-order valence-electron chi connectivity index (χ1n) is 8.51. The van der Waals surface area contributed by atoms with E-state index in [0.717, 1.165) is 22.2 Å². The van der Waals surface area contributed by atoms with Gasteiger partial charge >= 0.3 is 0 Å². The number of benzene rings is 2. The summed E-state index contributed by atoms with van der Waals surface area (Å²) in [6.07, 6.45) is 3.81. The van der Waals surface area contributed by atoms with Crippen LogP contribution < -0.4 is 10.6 Å². The number of halogens is 1. The van der Waals surface area contributed by atoms with Crippen molar-refractivity contribution in [2.45, 2.75) is 6.42 Å². The molecule has 27 heavy (non-hydrogen) atoms. The maximum Gasteiger partial charge on any atom is 0.228 e. The first kappa shape index (κ1) is 17.1. The van der Waals surface area contributed by atoms with Crippen LogP contribution in [0.4, 0.5) is 17.2 Å². The monoisotopic (exact) mass is 376 g/mol. The lowest BCUT2D eigenvalue weighted by Gasteiger charge is -2.08. The van der Waals surface area contributed by atoms with E-state index in [4.69, 9.17) is 11.6 Å². The molecule has 0 unspecified atom stereocenters. The highest BCUT2D eigenvalue weighted by Crippen LogP contribution is 2.20. The van der Waals surface area contributed by atoms with E-state index < -0.39 is 0 Å². The van der Waals surface area contributed by atoms with Crippen molar-refractivity contribution in [1.82, 2.24) is 9.97 Å². The Balaban J connectivity index is 1.39. The SMILES string of the molecule is O=C(Cc1c[nH]c2ccccc12)Nc1ccc(Nc2ccc(Cl)cc2)nc1. The summed E-state index contributed by atoms with van der Waals surface area (Å²) in [6, 6.07) is 18.9. The van der Waals surface area contributed by atoms with E-state index in [1.54, 1.807) is 6.20 Å². The summed E-state index contributed by atoms with van der Waals surface area (Å²) in [6.45, 7) is 0. The van der Waals surface area contributed by atoms with Crippen LogP contribution in [0.15, 0.2) is 73.1 Å². The van der Waals surface area contributed by atoms with Crippen molar-refractivity contribution in [2.24, 2.45) is 0 Å². The molecule has 0 aliphatic rings.